The van der Waals surface area contributed by atoms with Gasteiger partial charge in [-0.2, -0.15) is 13.2 Å². The predicted molar refractivity (Wildman–Crippen MR) is 80.7 cm³/mol. The van der Waals surface area contributed by atoms with Crippen LogP contribution in [0.1, 0.15) is 26.5 Å². The summed E-state index contributed by atoms with van der Waals surface area (Å²) >= 11 is 1.39. The second kappa shape index (κ2) is 5.93. The molecule has 1 aromatic heterocycles. The Bertz CT molecular complexity index is 742. The fraction of sp³-hybridized carbons (Fsp3) is 0.333. The number of amides is 1. The highest BCUT2D eigenvalue weighted by Gasteiger charge is 2.31. The highest BCUT2D eigenvalue weighted by Crippen LogP contribution is 2.30. The molecular weight excluding hydrogens is 327 g/mol. The maximum absolute atomic E-state index is 12.7. The molecular formula is C15H15F3N3OS+. The van der Waals surface area contributed by atoms with Crippen LogP contribution in [0.5, 0.6) is 0 Å². The highest BCUT2D eigenvalue weighted by atomic mass is 32.1. The number of anilines is 1. The second-order valence-corrected chi connectivity index (χ2v) is 6.64. The summed E-state index contributed by atoms with van der Waals surface area (Å²) in [7, 11) is 2.09. The number of halogens is 3. The number of thiazole rings is 1. The Morgan fingerprint density at radius 3 is 2.91 bits per heavy atom. The first kappa shape index (κ1) is 15.9. The van der Waals surface area contributed by atoms with Crippen LogP contribution < -0.4 is 10.2 Å². The molecule has 4 nitrogen and oxygen atoms in total. The minimum atomic E-state index is -4.47. The fourth-order valence-electron chi connectivity index (χ4n) is 2.47. The lowest BCUT2D eigenvalue weighted by Crippen LogP contribution is -3.08. The van der Waals surface area contributed by atoms with Gasteiger partial charge in [-0.05, 0) is 18.2 Å². The Labute approximate surface area is 135 Å². The molecule has 1 unspecified atom stereocenters. The van der Waals surface area contributed by atoms with Crippen LogP contribution in [0, 0.1) is 0 Å². The zero-order valence-corrected chi connectivity index (χ0v) is 13.1. The number of likely N-dealkylation sites (N-methyl/N-ethyl adjacent to an activating group) is 1. The second-order valence-electron chi connectivity index (χ2n) is 5.56. The van der Waals surface area contributed by atoms with E-state index in [2.05, 4.69) is 17.3 Å². The van der Waals surface area contributed by atoms with Crippen molar-refractivity contribution in [1.29, 1.82) is 0 Å². The molecule has 2 heterocycles. The van der Waals surface area contributed by atoms with Crippen molar-refractivity contribution in [2.24, 2.45) is 0 Å². The third-order valence-corrected chi connectivity index (χ3v) is 4.71. The lowest BCUT2D eigenvalue weighted by atomic mass is 10.1. The molecule has 0 saturated carbocycles. The number of nitrogens with one attached hydrogen (secondary N) is 2. The standard InChI is InChI=1S/C15H14F3N3OS/c1-21-6-5-11-12(8-21)23-14(19-11)20-13(22)9-3-2-4-10(7-9)15(16,17)18/h2-4,7H,5-6,8H2,1H3,(H,19,20,22)/p+1. The van der Waals surface area contributed by atoms with Crippen molar-refractivity contribution in [2.45, 2.75) is 19.1 Å². The van der Waals surface area contributed by atoms with Gasteiger partial charge in [0.05, 0.1) is 29.7 Å². The van der Waals surface area contributed by atoms with Gasteiger partial charge in [0.2, 0.25) is 0 Å². The van der Waals surface area contributed by atoms with Crippen molar-refractivity contribution < 1.29 is 22.9 Å². The minimum Gasteiger partial charge on any atom is -0.333 e. The number of carbonyl (C=O) groups excluding carboxylic acids is 1. The number of benzene rings is 1. The normalized spacial score (nSPS) is 17.7. The molecule has 122 valence electrons. The number of rotatable bonds is 2. The van der Waals surface area contributed by atoms with Gasteiger partial charge in [0.15, 0.2) is 5.13 Å². The van der Waals surface area contributed by atoms with Crippen LogP contribution in [0.4, 0.5) is 18.3 Å². The van der Waals surface area contributed by atoms with Crippen LogP contribution in [0.25, 0.3) is 0 Å². The van der Waals surface area contributed by atoms with Gasteiger partial charge in [-0.25, -0.2) is 4.98 Å². The molecule has 0 fully saturated rings. The Hall–Kier alpha value is -1.93. The van der Waals surface area contributed by atoms with E-state index in [0.717, 1.165) is 42.2 Å². The molecule has 0 spiro atoms. The number of carbonyl (C=O) groups is 1. The quantitative estimate of drug-likeness (QED) is 0.877. The van der Waals surface area contributed by atoms with Gasteiger partial charge >= 0.3 is 6.18 Å². The molecule has 1 amide bonds. The number of hydrogen-bond acceptors (Lipinski definition) is 3. The van der Waals surface area contributed by atoms with Crippen LogP contribution >= 0.6 is 11.3 Å². The number of alkyl halides is 3. The number of aromatic nitrogens is 1. The average Bonchev–Trinajstić information content (AvgIpc) is 2.87. The lowest BCUT2D eigenvalue weighted by Gasteiger charge is -2.17. The van der Waals surface area contributed by atoms with Gasteiger partial charge in [0.1, 0.15) is 6.54 Å². The molecule has 0 aliphatic carbocycles. The minimum absolute atomic E-state index is 0.0317. The summed E-state index contributed by atoms with van der Waals surface area (Å²) in [6, 6.07) is 4.37. The summed E-state index contributed by atoms with van der Waals surface area (Å²) in [6.07, 6.45) is -3.62. The Kier molecular flexibility index (Phi) is 4.11. The van der Waals surface area contributed by atoms with E-state index in [1.807, 2.05) is 0 Å². The topological polar surface area (TPSA) is 46.4 Å². The van der Waals surface area contributed by atoms with Crippen LogP contribution in [0.3, 0.4) is 0 Å². The third-order valence-electron chi connectivity index (χ3n) is 3.70. The first-order valence-electron chi connectivity index (χ1n) is 7.11. The Morgan fingerprint density at radius 2 is 2.17 bits per heavy atom. The van der Waals surface area contributed by atoms with Gasteiger partial charge in [0.25, 0.3) is 5.91 Å². The largest absolute Gasteiger partial charge is 0.416 e. The molecule has 1 aliphatic heterocycles. The van der Waals surface area contributed by atoms with Crippen molar-refractivity contribution in [2.75, 3.05) is 18.9 Å². The first-order valence-corrected chi connectivity index (χ1v) is 7.93. The number of hydrogen-bond donors (Lipinski definition) is 2. The number of nitrogens with zero attached hydrogens (tertiary/aromatic N) is 1. The molecule has 8 heteroatoms. The maximum Gasteiger partial charge on any atom is 0.416 e. The zero-order valence-electron chi connectivity index (χ0n) is 12.3. The van der Waals surface area contributed by atoms with Gasteiger partial charge < -0.3 is 4.90 Å². The molecule has 2 aromatic rings. The summed E-state index contributed by atoms with van der Waals surface area (Å²) < 4.78 is 38.1. The highest BCUT2D eigenvalue weighted by molar-refractivity contribution is 7.15. The maximum atomic E-state index is 12.7. The summed E-state index contributed by atoms with van der Waals surface area (Å²) in [4.78, 5) is 19.0. The molecule has 3 rings (SSSR count). The van der Waals surface area contributed by atoms with Gasteiger partial charge in [-0.15, -0.1) is 0 Å². The van der Waals surface area contributed by atoms with E-state index >= 15 is 0 Å². The van der Waals surface area contributed by atoms with E-state index < -0.39 is 17.6 Å². The Balaban J connectivity index is 1.77. The molecule has 0 bridgehead atoms. The zero-order chi connectivity index (χ0) is 16.6. The van der Waals surface area contributed by atoms with E-state index in [9.17, 15) is 18.0 Å². The molecule has 2 N–H and O–H groups in total. The van der Waals surface area contributed by atoms with Crippen LogP contribution in [0.15, 0.2) is 24.3 Å². The summed E-state index contributed by atoms with van der Waals surface area (Å²) in [5.74, 6) is -0.581. The van der Waals surface area contributed by atoms with E-state index in [-0.39, 0.29) is 5.56 Å². The summed E-state index contributed by atoms with van der Waals surface area (Å²) in [6.45, 7) is 1.84. The monoisotopic (exact) mass is 342 g/mol. The van der Waals surface area contributed by atoms with E-state index in [1.54, 1.807) is 0 Å². The predicted octanol–water partition coefficient (Wildman–Crippen LogP) is 1.99. The number of fused-ring (bicyclic) bond motifs is 1. The van der Waals surface area contributed by atoms with Crippen molar-refractivity contribution in [1.82, 2.24) is 4.98 Å². The first-order chi connectivity index (χ1) is 10.8. The molecule has 0 saturated heterocycles. The van der Waals surface area contributed by atoms with Crippen LogP contribution in [-0.4, -0.2) is 24.5 Å². The van der Waals surface area contributed by atoms with E-state index in [4.69, 9.17) is 0 Å². The molecule has 1 aromatic carbocycles. The van der Waals surface area contributed by atoms with E-state index in [1.165, 1.54) is 28.4 Å². The molecule has 0 radical (unpaired) electrons. The fourth-order valence-corrected chi connectivity index (χ4v) is 3.59. The van der Waals surface area contributed by atoms with Crippen molar-refractivity contribution in [3.63, 3.8) is 0 Å². The van der Waals surface area contributed by atoms with Crippen LogP contribution in [-0.2, 0) is 19.1 Å². The molecule has 1 atom stereocenters. The van der Waals surface area contributed by atoms with E-state index in [0.29, 0.717) is 5.13 Å². The van der Waals surface area contributed by atoms with Gasteiger partial charge in [-0.3, -0.25) is 10.1 Å². The summed E-state index contributed by atoms with van der Waals surface area (Å²) in [5, 5.41) is 3.04. The lowest BCUT2D eigenvalue weighted by molar-refractivity contribution is -0.895. The van der Waals surface area contributed by atoms with Crippen molar-refractivity contribution in [3.05, 3.63) is 46.0 Å². The summed E-state index contributed by atoms with van der Waals surface area (Å²) in [5.41, 5.74) is 0.101. The molecule has 1 aliphatic rings. The van der Waals surface area contributed by atoms with Crippen molar-refractivity contribution >= 4 is 22.4 Å². The third kappa shape index (κ3) is 3.53. The van der Waals surface area contributed by atoms with Crippen molar-refractivity contribution in [3.8, 4) is 0 Å². The van der Waals surface area contributed by atoms with Gasteiger partial charge in [0, 0.05) is 12.0 Å². The smallest absolute Gasteiger partial charge is 0.333 e. The average molecular weight is 342 g/mol. The SMILES string of the molecule is C[NH+]1CCc2nc(NC(=O)c3cccc(C(F)(F)F)c3)sc2C1. The molecule has 23 heavy (non-hydrogen) atoms. The van der Waals surface area contributed by atoms with Crippen LogP contribution in [0.2, 0.25) is 0 Å². The number of quaternary nitrogens is 1. The Morgan fingerprint density at radius 1 is 1.39 bits per heavy atom. The van der Waals surface area contributed by atoms with Gasteiger partial charge in [-0.1, -0.05) is 17.4 Å².